The molecule has 1 amide bonds. The van der Waals surface area contributed by atoms with Crippen molar-refractivity contribution in [3.8, 4) is 0 Å². The Morgan fingerprint density at radius 2 is 2.00 bits per heavy atom. The standard InChI is InChI=1S/C14H19NO6S/c1-11-2-4-12(5-3-11)22(19,20)21-9-7-14(18)6-8-15(10-14)13(16)17/h2-5,18H,6-10H2,1H3,(H,16,17). The second-order valence-corrected chi connectivity index (χ2v) is 7.13. The summed E-state index contributed by atoms with van der Waals surface area (Å²) in [5.74, 6) is 0. The zero-order chi connectivity index (χ0) is 16.4. The van der Waals surface area contributed by atoms with Gasteiger partial charge >= 0.3 is 6.09 Å². The third kappa shape index (κ3) is 3.96. The van der Waals surface area contributed by atoms with Crippen molar-refractivity contribution in [2.75, 3.05) is 19.7 Å². The molecule has 2 rings (SSSR count). The zero-order valence-electron chi connectivity index (χ0n) is 12.2. The van der Waals surface area contributed by atoms with E-state index in [0.717, 1.165) is 10.5 Å². The van der Waals surface area contributed by atoms with Crippen LogP contribution in [0, 0.1) is 6.92 Å². The van der Waals surface area contributed by atoms with Crippen molar-refractivity contribution in [1.29, 1.82) is 0 Å². The van der Waals surface area contributed by atoms with Gasteiger partial charge < -0.3 is 15.1 Å². The number of aliphatic hydroxyl groups is 1. The Labute approximate surface area is 129 Å². The van der Waals surface area contributed by atoms with Gasteiger partial charge in [-0.3, -0.25) is 4.18 Å². The summed E-state index contributed by atoms with van der Waals surface area (Å²) in [4.78, 5) is 12.0. The molecule has 1 heterocycles. The van der Waals surface area contributed by atoms with E-state index in [2.05, 4.69) is 0 Å². The van der Waals surface area contributed by atoms with E-state index in [1.807, 2.05) is 6.92 Å². The molecule has 1 saturated heterocycles. The molecule has 0 radical (unpaired) electrons. The number of carbonyl (C=O) groups is 1. The third-order valence-electron chi connectivity index (χ3n) is 3.72. The highest BCUT2D eigenvalue weighted by Gasteiger charge is 2.38. The monoisotopic (exact) mass is 329 g/mol. The van der Waals surface area contributed by atoms with E-state index in [4.69, 9.17) is 9.29 Å². The van der Waals surface area contributed by atoms with Gasteiger partial charge in [-0.15, -0.1) is 0 Å². The number of rotatable bonds is 5. The Morgan fingerprint density at radius 3 is 2.55 bits per heavy atom. The minimum atomic E-state index is -3.87. The van der Waals surface area contributed by atoms with Crippen LogP contribution in [0.15, 0.2) is 29.2 Å². The summed E-state index contributed by atoms with van der Waals surface area (Å²) in [5, 5.41) is 19.1. The summed E-state index contributed by atoms with van der Waals surface area (Å²) in [6.45, 7) is 1.86. The summed E-state index contributed by atoms with van der Waals surface area (Å²) in [7, 11) is -3.87. The maximum Gasteiger partial charge on any atom is 0.407 e. The van der Waals surface area contributed by atoms with Gasteiger partial charge in [0, 0.05) is 13.0 Å². The topological polar surface area (TPSA) is 104 Å². The van der Waals surface area contributed by atoms with Gasteiger partial charge in [0.1, 0.15) is 0 Å². The molecule has 0 spiro atoms. The number of likely N-dealkylation sites (tertiary alicyclic amines) is 1. The van der Waals surface area contributed by atoms with Gasteiger partial charge in [0.2, 0.25) is 0 Å². The smallest absolute Gasteiger partial charge is 0.407 e. The van der Waals surface area contributed by atoms with Crippen LogP contribution >= 0.6 is 0 Å². The molecule has 122 valence electrons. The summed E-state index contributed by atoms with van der Waals surface area (Å²) in [6, 6.07) is 6.26. The Kier molecular flexibility index (Phi) is 4.74. The molecule has 1 aliphatic rings. The lowest BCUT2D eigenvalue weighted by molar-refractivity contribution is 0.0289. The number of hydrogen-bond donors (Lipinski definition) is 2. The number of β-amino-alcohol motifs (C(OH)–C–C–N with tert-alkyl or cyclic N) is 1. The predicted octanol–water partition coefficient (Wildman–Crippen LogP) is 1.21. The highest BCUT2D eigenvalue weighted by molar-refractivity contribution is 7.86. The third-order valence-corrected chi connectivity index (χ3v) is 5.04. The summed E-state index contributed by atoms with van der Waals surface area (Å²) in [5.41, 5.74) is -0.297. The zero-order valence-corrected chi connectivity index (χ0v) is 13.0. The van der Waals surface area contributed by atoms with Crippen LogP contribution in [0.3, 0.4) is 0 Å². The first-order chi connectivity index (χ1) is 10.2. The number of nitrogens with zero attached hydrogens (tertiary/aromatic N) is 1. The maximum absolute atomic E-state index is 12.0. The lowest BCUT2D eigenvalue weighted by atomic mass is 10.00. The molecule has 1 aromatic rings. The average molecular weight is 329 g/mol. The van der Waals surface area contributed by atoms with Gasteiger partial charge in [0.15, 0.2) is 0 Å². The predicted molar refractivity (Wildman–Crippen MR) is 78.1 cm³/mol. The van der Waals surface area contributed by atoms with Crippen molar-refractivity contribution in [1.82, 2.24) is 4.90 Å². The van der Waals surface area contributed by atoms with E-state index in [0.29, 0.717) is 0 Å². The lowest BCUT2D eigenvalue weighted by Crippen LogP contribution is -2.36. The van der Waals surface area contributed by atoms with Crippen LogP contribution in [-0.2, 0) is 14.3 Å². The molecule has 7 nitrogen and oxygen atoms in total. The minimum absolute atomic E-state index is 0.0315. The van der Waals surface area contributed by atoms with Crippen molar-refractivity contribution in [3.05, 3.63) is 29.8 Å². The molecule has 8 heteroatoms. The molecule has 1 unspecified atom stereocenters. The van der Waals surface area contributed by atoms with Gasteiger partial charge in [-0.05, 0) is 25.5 Å². The summed E-state index contributed by atoms with van der Waals surface area (Å²) < 4.78 is 28.9. The number of carboxylic acid groups (broad SMARTS) is 1. The molecular weight excluding hydrogens is 310 g/mol. The first-order valence-electron chi connectivity index (χ1n) is 6.88. The normalized spacial score (nSPS) is 22.0. The van der Waals surface area contributed by atoms with Crippen LogP contribution < -0.4 is 0 Å². The number of amides is 1. The number of hydrogen-bond acceptors (Lipinski definition) is 5. The molecule has 1 atom stereocenters. The van der Waals surface area contributed by atoms with E-state index in [1.54, 1.807) is 12.1 Å². The number of benzene rings is 1. The molecule has 0 aromatic heterocycles. The van der Waals surface area contributed by atoms with Crippen molar-refractivity contribution in [2.45, 2.75) is 30.3 Å². The Balaban J connectivity index is 1.90. The Bertz CT molecular complexity index is 642. The van der Waals surface area contributed by atoms with Crippen molar-refractivity contribution < 1.29 is 27.6 Å². The Hall–Kier alpha value is -1.64. The fourth-order valence-electron chi connectivity index (χ4n) is 2.34. The van der Waals surface area contributed by atoms with Crippen LogP contribution in [0.4, 0.5) is 4.79 Å². The highest BCUT2D eigenvalue weighted by atomic mass is 32.2. The summed E-state index contributed by atoms with van der Waals surface area (Å²) in [6.07, 6.45) is -0.765. The molecule has 1 aliphatic heterocycles. The first kappa shape index (κ1) is 16.7. The van der Waals surface area contributed by atoms with Crippen molar-refractivity contribution >= 4 is 16.2 Å². The van der Waals surface area contributed by atoms with E-state index in [1.165, 1.54) is 12.1 Å². The minimum Gasteiger partial charge on any atom is -0.465 e. The SMILES string of the molecule is Cc1ccc(S(=O)(=O)OCCC2(O)CCN(C(=O)O)C2)cc1. The molecule has 0 saturated carbocycles. The van der Waals surface area contributed by atoms with Gasteiger partial charge in [-0.1, -0.05) is 17.7 Å². The lowest BCUT2D eigenvalue weighted by Gasteiger charge is -2.22. The largest absolute Gasteiger partial charge is 0.465 e. The van der Waals surface area contributed by atoms with Gasteiger partial charge in [-0.25, -0.2) is 4.79 Å². The molecular formula is C14H19NO6S. The molecule has 0 bridgehead atoms. The van der Waals surface area contributed by atoms with E-state index < -0.39 is 21.8 Å². The second kappa shape index (κ2) is 6.23. The fraction of sp³-hybridized carbons (Fsp3) is 0.500. The van der Waals surface area contributed by atoms with Crippen LogP contribution in [0.5, 0.6) is 0 Å². The fourth-order valence-corrected chi connectivity index (χ4v) is 3.25. The van der Waals surface area contributed by atoms with E-state index in [-0.39, 0.29) is 37.4 Å². The first-order valence-corrected chi connectivity index (χ1v) is 8.29. The van der Waals surface area contributed by atoms with E-state index in [9.17, 15) is 18.3 Å². The second-order valence-electron chi connectivity index (χ2n) is 5.52. The molecule has 1 fully saturated rings. The number of aryl methyl sites for hydroxylation is 1. The van der Waals surface area contributed by atoms with E-state index >= 15 is 0 Å². The molecule has 0 aliphatic carbocycles. The molecule has 1 aromatic carbocycles. The van der Waals surface area contributed by atoms with Gasteiger partial charge in [0.05, 0.1) is 23.6 Å². The molecule has 2 N–H and O–H groups in total. The quantitative estimate of drug-likeness (QED) is 0.787. The summed E-state index contributed by atoms with van der Waals surface area (Å²) >= 11 is 0. The van der Waals surface area contributed by atoms with Crippen LogP contribution in [-0.4, -0.2) is 54.9 Å². The van der Waals surface area contributed by atoms with Crippen LogP contribution in [0.1, 0.15) is 18.4 Å². The average Bonchev–Trinajstić information content (AvgIpc) is 2.82. The maximum atomic E-state index is 12.0. The van der Waals surface area contributed by atoms with Gasteiger partial charge in [-0.2, -0.15) is 8.42 Å². The van der Waals surface area contributed by atoms with Crippen LogP contribution in [0.25, 0.3) is 0 Å². The van der Waals surface area contributed by atoms with Gasteiger partial charge in [0.25, 0.3) is 10.1 Å². The van der Waals surface area contributed by atoms with Crippen molar-refractivity contribution in [3.63, 3.8) is 0 Å². The van der Waals surface area contributed by atoms with Crippen LogP contribution in [0.2, 0.25) is 0 Å². The Morgan fingerprint density at radius 1 is 1.36 bits per heavy atom. The molecule has 22 heavy (non-hydrogen) atoms. The van der Waals surface area contributed by atoms with Crippen molar-refractivity contribution in [2.24, 2.45) is 0 Å². The highest BCUT2D eigenvalue weighted by Crippen LogP contribution is 2.25.